The highest BCUT2D eigenvalue weighted by atomic mass is 16.5. The van der Waals surface area contributed by atoms with Gasteiger partial charge in [0.15, 0.2) is 0 Å². The van der Waals surface area contributed by atoms with Gasteiger partial charge in [-0.15, -0.1) is 0 Å². The molecule has 0 saturated carbocycles. The van der Waals surface area contributed by atoms with Crippen molar-refractivity contribution in [2.45, 2.75) is 59.3 Å². The van der Waals surface area contributed by atoms with Gasteiger partial charge in [-0.25, -0.2) is 4.79 Å². The fourth-order valence-corrected chi connectivity index (χ4v) is 3.76. The van der Waals surface area contributed by atoms with E-state index in [1.54, 1.807) is 0 Å². The molecule has 2 heteroatoms. The van der Waals surface area contributed by atoms with Gasteiger partial charge in [0.2, 0.25) is 0 Å². The Labute approximate surface area is 199 Å². The molecular formula is C31H36O2. The van der Waals surface area contributed by atoms with Gasteiger partial charge in [-0.2, -0.15) is 0 Å². The van der Waals surface area contributed by atoms with E-state index in [1.165, 1.54) is 17.2 Å². The molecule has 0 bridgehead atoms. The summed E-state index contributed by atoms with van der Waals surface area (Å²) in [7, 11) is 0. The van der Waals surface area contributed by atoms with Gasteiger partial charge in [0.05, 0.1) is 6.61 Å². The second kappa shape index (κ2) is 9.79. The monoisotopic (exact) mass is 440 g/mol. The second-order valence-corrected chi connectivity index (χ2v) is 10.6. The van der Waals surface area contributed by atoms with Crippen LogP contribution in [0.15, 0.2) is 72.8 Å². The molecule has 0 N–H and O–H groups in total. The van der Waals surface area contributed by atoms with Gasteiger partial charge in [0, 0.05) is 6.08 Å². The number of hydrogen-bond donors (Lipinski definition) is 0. The van der Waals surface area contributed by atoms with Crippen LogP contribution in [0.1, 0.15) is 65.2 Å². The summed E-state index contributed by atoms with van der Waals surface area (Å²) in [5, 5.41) is 0. The molecule has 0 amide bonds. The van der Waals surface area contributed by atoms with Crippen LogP contribution in [0.3, 0.4) is 0 Å². The third kappa shape index (κ3) is 6.44. The highest BCUT2D eigenvalue weighted by molar-refractivity contribution is 5.88. The number of esters is 1. The lowest BCUT2D eigenvalue weighted by Crippen LogP contribution is -2.10. The lowest BCUT2D eigenvalue weighted by atomic mass is 9.85. The van der Waals surface area contributed by atoms with Gasteiger partial charge < -0.3 is 4.74 Å². The van der Waals surface area contributed by atoms with E-state index in [9.17, 15) is 4.79 Å². The molecule has 0 unspecified atom stereocenters. The van der Waals surface area contributed by atoms with Crippen molar-refractivity contribution in [3.63, 3.8) is 0 Å². The molecule has 0 atom stereocenters. The minimum absolute atomic E-state index is 0.114. The van der Waals surface area contributed by atoms with Gasteiger partial charge in [-0.1, -0.05) is 90.1 Å². The van der Waals surface area contributed by atoms with Crippen LogP contribution in [0, 0.1) is 0 Å². The lowest BCUT2D eigenvalue weighted by molar-refractivity contribution is -0.137. The van der Waals surface area contributed by atoms with Crippen molar-refractivity contribution in [3.8, 4) is 22.3 Å². The van der Waals surface area contributed by atoms with Gasteiger partial charge in [0.1, 0.15) is 0 Å². The third-order valence-electron chi connectivity index (χ3n) is 5.82. The van der Waals surface area contributed by atoms with E-state index < -0.39 is 0 Å². The van der Waals surface area contributed by atoms with Crippen LogP contribution < -0.4 is 0 Å². The van der Waals surface area contributed by atoms with Crippen molar-refractivity contribution in [2.75, 3.05) is 6.61 Å². The van der Waals surface area contributed by atoms with Crippen molar-refractivity contribution in [3.05, 3.63) is 89.5 Å². The number of ether oxygens (including phenoxy) is 1. The predicted octanol–water partition coefficient (Wildman–Crippen LogP) is 8.19. The second-order valence-electron chi connectivity index (χ2n) is 10.6. The highest BCUT2D eigenvalue weighted by Gasteiger charge is 2.15. The Kier molecular flexibility index (Phi) is 7.27. The molecule has 0 aliphatic rings. The molecule has 0 radical (unpaired) electrons. The third-order valence-corrected chi connectivity index (χ3v) is 5.82. The average molecular weight is 441 g/mol. The molecule has 33 heavy (non-hydrogen) atoms. The first kappa shape index (κ1) is 24.5. The van der Waals surface area contributed by atoms with Gasteiger partial charge >= 0.3 is 5.97 Å². The van der Waals surface area contributed by atoms with E-state index in [0.29, 0.717) is 6.61 Å². The zero-order valence-electron chi connectivity index (χ0n) is 21.0. The zero-order valence-corrected chi connectivity index (χ0v) is 21.0. The van der Waals surface area contributed by atoms with E-state index in [2.05, 4.69) is 108 Å². The quantitative estimate of drug-likeness (QED) is 0.295. The zero-order chi connectivity index (χ0) is 24.2. The molecule has 0 aliphatic heterocycles. The van der Waals surface area contributed by atoms with Gasteiger partial charge in [0.25, 0.3) is 0 Å². The normalized spacial score (nSPS) is 12.2. The van der Waals surface area contributed by atoms with Crippen LogP contribution in [0.2, 0.25) is 0 Å². The molecule has 0 heterocycles. The Bertz CT molecular complexity index is 1040. The maximum absolute atomic E-state index is 11.9. The first-order valence-electron chi connectivity index (χ1n) is 11.7. The van der Waals surface area contributed by atoms with E-state index in [4.69, 9.17) is 4.74 Å². The fourth-order valence-electron chi connectivity index (χ4n) is 3.76. The number of rotatable bonds is 5. The maximum atomic E-state index is 11.9. The van der Waals surface area contributed by atoms with Gasteiger partial charge in [-0.3, -0.25) is 0 Å². The Morgan fingerprint density at radius 3 is 1.48 bits per heavy atom. The summed E-state index contributed by atoms with van der Waals surface area (Å²) < 4.78 is 5.06. The molecule has 0 aliphatic carbocycles. The molecular weight excluding hydrogens is 404 g/mol. The van der Waals surface area contributed by atoms with Crippen molar-refractivity contribution >= 4 is 12.0 Å². The number of benzene rings is 3. The van der Waals surface area contributed by atoms with Crippen molar-refractivity contribution in [1.82, 2.24) is 0 Å². The molecule has 0 aromatic heterocycles. The van der Waals surface area contributed by atoms with Crippen molar-refractivity contribution in [2.24, 2.45) is 0 Å². The Hall–Kier alpha value is -3.13. The largest absolute Gasteiger partial charge is 0.463 e. The average Bonchev–Trinajstić information content (AvgIpc) is 2.77. The molecule has 3 aromatic rings. The van der Waals surface area contributed by atoms with Crippen LogP contribution in [-0.4, -0.2) is 12.6 Å². The smallest absolute Gasteiger partial charge is 0.330 e. The first-order chi connectivity index (χ1) is 15.5. The van der Waals surface area contributed by atoms with Crippen molar-refractivity contribution in [1.29, 1.82) is 0 Å². The summed E-state index contributed by atoms with van der Waals surface area (Å²) in [6.45, 7) is 15.5. The highest BCUT2D eigenvalue weighted by Crippen LogP contribution is 2.32. The minimum Gasteiger partial charge on any atom is -0.463 e. The van der Waals surface area contributed by atoms with Crippen LogP contribution in [0.4, 0.5) is 0 Å². The van der Waals surface area contributed by atoms with Gasteiger partial charge in [-0.05, 0) is 81.0 Å². The van der Waals surface area contributed by atoms with Crippen molar-refractivity contribution < 1.29 is 9.53 Å². The minimum atomic E-state index is -0.325. The van der Waals surface area contributed by atoms with E-state index in [0.717, 1.165) is 27.8 Å². The molecule has 0 fully saturated rings. The summed E-state index contributed by atoms with van der Waals surface area (Å²) in [6.07, 6.45) is 3.33. The number of carbonyl (C=O) groups is 1. The van der Waals surface area contributed by atoms with Crippen LogP contribution >= 0.6 is 0 Å². The number of hydrogen-bond acceptors (Lipinski definition) is 2. The molecule has 172 valence electrons. The summed E-state index contributed by atoms with van der Waals surface area (Å²) in [5.74, 6) is -0.325. The lowest BCUT2D eigenvalue weighted by Gasteiger charge is -2.20. The van der Waals surface area contributed by atoms with E-state index in [-0.39, 0.29) is 16.8 Å². The van der Waals surface area contributed by atoms with E-state index in [1.807, 2.05) is 13.0 Å². The van der Waals surface area contributed by atoms with Crippen LogP contribution in [0.25, 0.3) is 28.3 Å². The first-order valence-corrected chi connectivity index (χ1v) is 11.7. The Morgan fingerprint density at radius 2 is 1.12 bits per heavy atom. The summed E-state index contributed by atoms with van der Waals surface area (Å²) in [5.41, 5.74) is 8.36. The fraction of sp³-hybridized carbons (Fsp3) is 0.323. The van der Waals surface area contributed by atoms with E-state index >= 15 is 0 Å². The molecule has 0 spiro atoms. The topological polar surface area (TPSA) is 26.3 Å². The Balaban J connectivity index is 2.05. The standard InChI is InChI=1S/C31H36O2/c1-8-33-29(32)18-9-22-19-25(23-10-14-27(15-11-23)30(2,3)4)21-26(20-22)24-12-16-28(17-13-24)31(5,6)7/h9-21H,8H2,1-7H3. The summed E-state index contributed by atoms with van der Waals surface area (Å²) in [6, 6.07) is 24.0. The molecule has 2 nitrogen and oxygen atoms in total. The molecule has 3 rings (SSSR count). The molecule has 0 saturated heterocycles. The number of carbonyl (C=O) groups excluding carboxylic acids is 1. The summed E-state index contributed by atoms with van der Waals surface area (Å²) in [4.78, 5) is 11.9. The van der Waals surface area contributed by atoms with Crippen LogP contribution in [0.5, 0.6) is 0 Å². The van der Waals surface area contributed by atoms with Crippen LogP contribution in [-0.2, 0) is 20.4 Å². The predicted molar refractivity (Wildman–Crippen MR) is 140 cm³/mol. The molecule has 3 aromatic carbocycles. The maximum Gasteiger partial charge on any atom is 0.330 e. The Morgan fingerprint density at radius 1 is 0.697 bits per heavy atom. The SMILES string of the molecule is CCOC(=O)C=Cc1cc(-c2ccc(C(C)(C)C)cc2)cc(-c2ccc(C(C)(C)C)cc2)c1. The summed E-state index contributed by atoms with van der Waals surface area (Å²) >= 11 is 0.